The number of likely N-dealkylation sites (tertiary alicyclic amines) is 1. The normalized spacial score (nSPS) is 21.3. The SMILES string of the molecule is [Li][c]1cccc2c1C(N1CCCC1)=C(C)C2C[Si](C)(C)NC(C)(C)C. The molecule has 1 saturated heterocycles. The van der Waals surface area contributed by atoms with E-state index in [1.165, 1.54) is 36.2 Å². The van der Waals surface area contributed by atoms with Gasteiger partial charge in [-0.2, -0.15) is 0 Å². The van der Waals surface area contributed by atoms with Crippen LogP contribution < -0.4 is 9.22 Å². The fourth-order valence-electron chi connectivity index (χ4n) is 5.09. The molecule has 1 aliphatic heterocycles. The van der Waals surface area contributed by atoms with E-state index in [-0.39, 0.29) is 5.54 Å². The Morgan fingerprint density at radius 3 is 2.44 bits per heavy atom. The molecule has 0 radical (unpaired) electrons. The number of rotatable bonds is 4. The number of fused-ring (bicyclic) bond motifs is 1. The molecule has 2 aliphatic rings. The summed E-state index contributed by atoms with van der Waals surface area (Å²) >= 11 is 2.29. The molecule has 25 heavy (non-hydrogen) atoms. The average Bonchev–Trinajstić information content (AvgIpc) is 3.05. The molecule has 2 nitrogen and oxygen atoms in total. The van der Waals surface area contributed by atoms with E-state index in [2.05, 4.69) is 86.6 Å². The van der Waals surface area contributed by atoms with Gasteiger partial charge in [-0.05, 0) is 0 Å². The molecule has 0 spiro atoms. The molecule has 3 rings (SSSR count). The van der Waals surface area contributed by atoms with E-state index in [1.54, 1.807) is 22.4 Å². The maximum atomic E-state index is 3.98. The van der Waals surface area contributed by atoms with Crippen LogP contribution in [-0.4, -0.2) is 49.5 Å². The fraction of sp³-hybridized carbons (Fsp3) is 0.619. The molecule has 4 heteroatoms. The molecule has 1 aromatic carbocycles. The molecule has 1 heterocycles. The Hall–Kier alpha value is -0.466. The van der Waals surface area contributed by atoms with Gasteiger partial charge in [0.25, 0.3) is 0 Å². The first-order chi connectivity index (χ1) is 11.6. The van der Waals surface area contributed by atoms with Crippen LogP contribution in [0.5, 0.6) is 0 Å². The van der Waals surface area contributed by atoms with Crippen LogP contribution in [0.3, 0.4) is 0 Å². The number of hydrogen-bond acceptors (Lipinski definition) is 2. The summed E-state index contributed by atoms with van der Waals surface area (Å²) in [5, 5.41) is 0. The van der Waals surface area contributed by atoms with Gasteiger partial charge in [0, 0.05) is 0 Å². The maximum absolute atomic E-state index is 3.98. The van der Waals surface area contributed by atoms with Crippen molar-refractivity contribution in [3.05, 3.63) is 34.9 Å². The van der Waals surface area contributed by atoms with Crippen LogP contribution in [0.2, 0.25) is 19.1 Å². The Balaban J connectivity index is 1.98. The fourth-order valence-corrected chi connectivity index (χ4v) is 8.77. The van der Waals surface area contributed by atoms with E-state index in [4.69, 9.17) is 0 Å². The minimum absolute atomic E-state index is 0.194. The van der Waals surface area contributed by atoms with Crippen LogP contribution in [-0.2, 0) is 0 Å². The van der Waals surface area contributed by atoms with Crippen LogP contribution in [0, 0.1) is 0 Å². The zero-order valence-electron chi connectivity index (χ0n) is 17.3. The summed E-state index contributed by atoms with van der Waals surface area (Å²) < 4.78 is 1.45. The first-order valence-corrected chi connectivity index (χ1v) is 13.1. The Morgan fingerprint density at radius 2 is 1.84 bits per heavy atom. The van der Waals surface area contributed by atoms with Crippen LogP contribution in [0.15, 0.2) is 23.8 Å². The summed E-state index contributed by atoms with van der Waals surface area (Å²) in [4.78, 5) is 6.64. The van der Waals surface area contributed by atoms with Gasteiger partial charge in [-0.3, -0.25) is 0 Å². The van der Waals surface area contributed by atoms with E-state index < -0.39 is 8.24 Å². The van der Waals surface area contributed by atoms with Crippen molar-refractivity contribution in [2.75, 3.05) is 13.1 Å². The van der Waals surface area contributed by atoms with E-state index in [1.807, 2.05) is 0 Å². The monoisotopic (exact) mass is 348 g/mol. The summed E-state index contributed by atoms with van der Waals surface area (Å²) in [5.41, 5.74) is 6.50. The summed E-state index contributed by atoms with van der Waals surface area (Å²) in [6, 6.07) is 8.22. The molecule has 0 bridgehead atoms. The number of allylic oxidation sites excluding steroid dienone is 1. The first kappa shape index (κ1) is 19.3. The van der Waals surface area contributed by atoms with Gasteiger partial charge < -0.3 is 0 Å². The van der Waals surface area contributed by atoms with E-state index in [9.17, 15) is 0 Å². The molecule has 1 atom stereocenters. The molecule has 0 saturated carbocycles. The van der Waals surface area contributed by atoms with Gasteiger partial charge in [-0.25, -0.2) is 0 Å². The van der Waals surface area contributed by atoms with Crippen molar-refractivity contribution in [3.8, 4) is 0 Å². The van der Waals surface area contributed by atoms with Crippen molar-refractivity contribution < 1.29 is 0 Å². The third-order valence-electron chi connectivity index (χ3n) is 5.66. The number of nitrogens with one attached hydrogen (secondary N) is 1. The molecule has 1 aromatic rings. The Morgan fingerprint density at radius 1 is 1.20 bits per heavy atom. The van der Waals surface area contributed by atoms with Gasteiger partial charge in [0.05, 0.1) is 0 Å². The Kier molecular flexibility index (Phi) is 5.35. The summed E-state index contributed by atoms with van der Waals surface area (Å²) in [5.74, 6) is 0.585. The van der Waals surface area contributed by atoms with Crippen LogP contribution >= 0.6 is 0 Å². The molecular formula is C21H33LiN2Si. The van der Waals surface area contributed by atoms with Gasteiger partial charge in [0.1, 0.15) is 0 Å². The number of benzene rings is 1. The Bertz CT molecular complexity index is 682. The second kappa shape index (κ2) is 6.93. The van der Waals surface area contributed by atoms with E-state index in [0.29, 0.717) is 5.92 Å². The van der Waals surface area contributed by atoms with Crippen LogP contribution in [0.25, 0.3) is 5.70 Å². The topological polar surface area (TPSA) is 15.3 Å². The zero-order valence-corrected chi connectivity index (χ0v) is 18.3. The second-order valence-electron chi connectivity index (χ2n) is 9.78. The van der Waals surface area contributed by atoms with Crippen molar-refractivity contribution in [2.45, 2.75) is 71.1 Å². The van der Waals surface area contributed by atoms with Gasteiger partial charge in [0.2, 0.25) is 0 Å². The predicted molar refractivity (Wildman–Crippen MR) is 113 cm³/mol. The molecule has 1 N–H and O–H groups in total. The molecule has 132 valence electrons. The number of nitrogens with zero attached hydrogens (tertiary/aromatic N) is 1. The molecule has 1 aliphatic carbocycles. The standard InChI is InChI=1S/C21H33N2Si.Li/c1-16-19(15-24(5,6)22-21(2,3)4)17-11-7-8-12-18(17)20(16)23-13-9-10-14-23;/h7-8,11,19,22H,9-10,13-15H2,1-6H3;. The van der Waals surface area contributed by atoms with Crippen molar-refractivity contribution in [2.24, 2.45) is 0 Å². The summed E-state index contributed by atoms with van der Waals surface area (Å²) in [6.07, 6.45) is 2.68. The van der Waals surface area contributed by atoms with Crippen LogP contribution in [0.4, 0.5) is 0 Å². The van der Waals surface area contributed by atoms with Crippen molar-refractivity contribution in [1.82, 2.24) is 9.88 Å². The minimum atomic E-state index is -1.50. The molecule has 1 fully saturated rings. The van der Waals surface area contributed by atoms with Crippen molar-refractivity contribution in [3.63, 3.8) is 0 Å². The van der Waals surface area contributed by atoms with Gasteiger partial charge in [-0.1, -0.05) is 0 Å². The van der Waals surface area contributed by atoms with E-state index >= 15 is 0 Å². The zero-order chi connectivity index (χ0) is 18.4. The predicted octanol–water partition coefficient (Wildman–Crippen LogP) is 4.00. The molecule has 0 amide bonds. The molecular weight excluding hydrogens is 315 g/mol. The first-order valence-electron chi connectivity index (χ1n) is 9.94. The van der Waals surface area contributed by atoms with Gasteiger partial charge in [-0.15, -0.1) is 0 Å². The second-order valence-corrected chi connectivity index (χ2v) is 14.2. The third kappa shape index (κ3) is 4.11. The van der Waals surface area contributed by atoms with Crippen molar-refractivity contribution >= 4 is 35.9 Å². The molecule has 1 unspecified atom stereocenters. The average molecular weight is 349 g/mol. The van der Waals surface area contributed by atoms with Crippen LogP contribution in [0.1, 0.15) is 57.6 Å². The van der Waals surface area contributed by atoms with E-state index in [0.717, 1.165) is 0 Å². The number of hydrogen-bond donors (Lipinski definition) is 1. The quantitative estimate of drug-likeness (QED) is 0.828. The van der Waals surface area contributed by atoms with Gasteiger partial charge in [0.15, 0.2) is 0 Å². The summed E-state index contributed by atoms with van der Waals surface area (Å²) in [7, 11) is -1.50. The third-order valence-corrected chi connectivity index (χ3v) is 8.52. The summed E-state index contributed by atoms with van der Waals surface area (Å²) in [6.45, 7) is 16.7. The van der Waals surface area contributed by atoms with Crippen molar-refractivity contribution in [1.29, 1.82) is 0 Å². The molecule has 0 aromatic heterocycles. The van der Waals surface area contributed by atoms with Gasteiger partial charge >= 0.3 is 165 Å². The Labute approximate surface area is 164 Å².